The molecule has 0 bridgehead atoms. The van der Waals surface area contributed by atoms with Gasteiger partial charge in [-0.3, -0.25) is 4.79 Å². The van der Waals surface area contributed by atoms with E-state index in [4.69, 9.17) is 5.11 Å². The van der Waals surface area contributed by atoms with Gasteiger partial charge in [-0.25, -0.2) is 13.2 Å². The predicted molar refractivity (Wildman–Crippen MR) is 64.2 cm³/mol. The number of halogens is 3. The molecule has 0 saturated carbocycles. The highest BCUT2D eigenvalue weighted by atomic mass is 19.2. The van der Waals surface area contributed by atoms with E-state index in [1.54, 1.807) is 0 Å². The monoisotopic (exact) mass is 275 g/mol. The van der Waals surface area contributed by atoms with Crippen LogP contribution < -0.4 is 0 Å². The lowest BCUT2D eigenvalue weighted by atomic mass is 10.1. The van der Waals surface area contributed by atoms with Crippen LogP contribution in [0.25, 0.3) is 0 Å². The first-order valence-electron chi connectivity index (χ1n) is 5.99. The van der Waals surface area contributed by atoms with Crippen molar-refractivity contribution in [1.29, 1.82) is 0 Å². The molecule has 1 aromatic carbocycles. The smallest absolute Gasteiger partial charge is 0.256 e. The molecule has 1 amide bonds. The summed E-state index contributed by atoms with van der Waals surface area (Å²) in [4.78, 5) is 13.1. The third kappa shape index (κ3) is 3.96. The van der Waals surface area contributed by atoms with Crippen LogP contribution in [0.4, 0.5) is 13.2 Å². The average molecular weight is 275 g/mol. The third-order valence-electron chi connectivity index (χ3n) is 2.76. The Labute approximate surface area is 109 Å². The molecule has 1 aromatic rings. The maximum absolute atomic E-state index is 13.4. The largest absolute Gasteiger partial charge is 0.396 e. The van der Waals surface area contributed by atoms with Gasteiger partial charge in [0.05, 0.1) is 5.56 Å². The van der Waals surface area contributed by atoms with E-state index in [1.807, 2.05) is 0 Å². The number of hydrogen-bond acceptors (Lipinski definition) is 2. The van der Waals surface area contributed by atoms with Gasteiger partial charge in [-0.05, 0) is 31.4 Å². The molecule has 6 heteroatoms. The number of nitrogens with zero attached hydrogens (tertiary/aromatic N) is 1. The third-order valence-corrected chi connectivity index (χ3v) is 2.76. The van der Waals surface area contributed by atoms with Crippen LogP contribution in [0.3, 0.4) is 0 Å². The number of aliphatic hydroxyl groups is 1. The molecule has 0 aliphatic heterocycles. The van der Waals surface area contributed by atoms with Gasteiger partial charge in [0, 0.05) is 20.2 Å². The number of hydrogen-bond donors (Lipinski definition) is 1. The van der Waals surface area contributed by atoms with Crippen molar-refractivity contribution < 1.29 is 23.1 Å². The van der Waals surface area contributed by atoms with Gasteiger partial charge in [-0.2, -0.15) is 0 Å². The molecule has 0 aliphatic carbocycles. The molecule has 0 heterocycles. The Bertz CT molecular complexity index is 452. The van der Waals surface area contributed by atoms with Gasteiger partial charge in [0.15, 0.2) is 17.5 Å². The second kappa shape index (κ2) is 7.13. The standard InChI is InChI=1S/C13H16F3NO2/c1-17(7-3-2-4-8-18)13(19)9-5-6-10(14)12(16)11(9)15/h5-6,18H,2-4,7-8H2,1H3. The Hall–Kier alpha value is -1.56. The second-order valence-electron chi connectivity index (χ2n) is 4.23. The highest BCUT2D eigenvalue weighted by molar-refractivity contribution is 5.94. The summed E-state index contributed by atoms with van der Waals surface area (Å²) < 4.78 is 39.2. The van der Waals surface area contributed by atoms with Crippen molar-refractivity contribution in [2.24, 2.45) is 0 Å². The lowest BCUT2D eigenvalue weighted by molar-refractivity contribution is 0.0786. The molecule has 0 atom stereocenters. The molecule has 0 radical (unpaired) electrons. The quantitative estimate of drug-likeness (QED) is 0.639. The zero-order valence-corrected chi connectivity index (χ0v) is 10.6. The predicted octanol–water partition coefficient (Wildman–Crippen LogP) is 2.34. The van der Waals surface area contributed by atoms with E-state index in [-0.39, 0.29) is 6.61 Å². The Morgan fingerprint density at radius 2 is 1.84 bits per heavy atom. The van der Waals surface area contributed by atoms with Gasteiger partial charge >= 0.3 is 0 Å². The van der Waals surface area contributed by atoms with Gasteiger partial charge < -0.3 is 10.0 Å². The van der Waals surface area contributed by atoms with Crippen molar-refractivity contribution in [2.75, 3.05) is 20.2 Å². The summed E-state index contributed by atoms with van der Waals surface area (Å²) in [6, 6.07) is 1.66. The zero-order valence-electron chi connectivity index (χ0n) is 10.6. The van der Waals surface area contributed by atoms with Gasteiger partial charge in [0.1, 0.15) is 0 Å². The summed E-state index contributed by atoms with van der Waals surface area (Å²) in [6.07, 6.45) is 2.00. The lowest BCUT2D eigenvalue weighted by Gasteiger charge is -2.17. The Kier molecular flexibility index (Phi) is 5.82. The molecule has 0 saturated heterocycles. The molecule has 1 rings (SSSR count). The van der Waals surface area contributed by atoms with E-state index in [0.29, 0.717) is 19.4 Å². The molecule has 0 aliphatic rings. The van der Waals surface area contributed by atoms with Crippen LogP contribution in [0, 0.1) is 17.5 Å². The molecule has 19 heavy (non-hydrogen) atoms. The Balaban J connectivity index is 2.69. The maximum Gasteiger partial charge on any atom is 0.256 e. The zero-order chi connectivity index (χ0) is 14.4. The van der Waals surface area contributed by atoms with E-state index in [2.05, 4.69) is 0 Å². The normalized spacial score (nSPS) is 10.6. The van der Waals surface area contributed by atoms with Crippen molar-refractivity contribution in [3.63, 3.8) is 0 Å². The van der Waals surface area contributed by atoms with Crippen molar-refractivity contribution in [2.45, 2.75) is 19.3 Å². The number of unbranched alkanes of at least 4 members (excludes halogenated alkanes) is 2. The molecular formula is C13H16F3NO2. The number of aliphatic hydroxyl groups excluding tert-OH is 1. The van der Waals surface area contributed by atoms with E-state index >= 15 is 0 Å². The summed E-state index contributed by atoms with van der Waals surface area (Å²) in [7, 11) is 1.46. The first-order chi connectivity index (χ1) is 8.99. The SMILES string of the molecule is CN(CCCCCO)C(=O)c1ccc(F)c(F)c1F. The van der Waals surface area contributed by atoms with Crippen molar-refractivity contribution in [1.82, 2.24) is 4.90 Å². The molecule has 3 nitrogen and oxygen atoms in total. The Morgan fingerprint density at radius 3 is 2.47 bits per heavy atom. The van der Waals surface area contributed by atoms with Crippen LogP contribution in [0.15, 0.2) is 12.1 Å². The van der Waals surface area contributed by atoms with Gasteiger partial charge in [-0.15, -0.1) is 0 Å². The van der Waals surface area contributed by atoms with Crippen LogP contribution in [0.1, 0.15) is 29.6 Å². The Morgan fingerprint density at radius 1 is 1.16 bits per heavy atom. The fourth-order valence-corrected chi connectivity index (χ4v) is 1.64. The van der Waals surface area contributed by atoms with Crippen LogP contribution >= 0.6 is 0 Å². The first kappa shape index (κ1) is 15.5. The summed E-state index contributed by atoms with van der Waals surface area (Å²) in [5, 5.41) is 8.60. The molecule has 0 spiro atoms. The molecule has 1 N–H and O–H groups in total. The van der Waals surface area contributed by atoms with Crippen molar-refractivity contribution in [3.8, 4) is 0 Å². The van der Waals surface area contributed by atoms with Crippen LogP contribution in [-0.2, 0) is 0 Å². The van der Waals surface area contributed by atoms with Crippen molar-refractivity contribution in [3.05, 3.63) is 35.1 Å². The van der Waals surface area contributed by atoms with E-state index < -0.39 is 28.9 Å². The number of amides is 1. The molecule has 0 fully saturated rings. The minimum absolute atomic E-state index is 0.0788. The number of carbonyl (C=O) groups is 1. The topological polar surface area (TPSA) is 40.5 Å². The summed E-state index contributed by atoms with van der Waals surface area (Å²) >= 11 is 0. The minimum Gasteiger partial charge on any atom is -0.396 e. The first-order valence-corrected chi connectivity index (χ1v) is 5.99. The second-order valence-corrected chi connectivity index (χ2v) is 4.23. The van der Waals surface area contributed by atoms with E-state index in [0.717, 1.165) is 18.6 Å². The molecule has 0 aromatic heterocycles. The van der Waals surface area contributed by atoms with E-state index in [9.17, 15) is 18.0 Å². The lowest BCUT2D eigenvalue weighted by Crippen LogP contribution is -2.29. The molecule has 0 unspecified atom stereocenters. The van der Waals surface area contributed by atoms with Crippen LogP contribution in [-0.4, -0.2) is 36.1 Å². The van der Waals surface area contributed by atoms with Gasteiger partial charge in [0.25, 0.3) is 5.91 Å². The van der Waals surface area contributed by atoms with Crippen LogP contribution in [0.2, 0.25) is 0 Å². The van der Waals surface area contributed by atoms with Gasteiger partial charge in [0.2, 0.25) is 0 Å². The van der Waals surface area contributed by atoms with Crippen LogP contribution in [0.5, 0.6) is 0 Å². The summed E-state index contributed by atoms with van der Waals surface area (Å²) in [5.74, 6) is -5.12. The minimum atomic E-state index is -1.64. The number of benzene rings is 1. The maximum atomic E-state index is 13.4. The highest BCUT2D eigenvalue weighted by Crippen LogP contribution is 2.16. The fraction of sp³-hybridized carbons (Fsp3) is 0.462. The fourth-order valence-electron chi connectivity index (χ4n) is 1.64. The molecule has 106 valence electrons. The van der Waals surface area contributed by atoms with Gasteiger partial charge in [-0.1, -0.05) is 0 Å². The number of carbonyl (C=O) groups excluding carboxylic acids is 1. The summed E-state index contributed by atoms with van der Waals surface area (Å²) in [6.45, 7) is 0.437. The average Bonchev–Trinajstić information content (AvgIpc) is 2.40. The van der Waals surface area contributed by atoms with E-state index in [1.165, 1.54) is 11.9 Å². The number of rotatable bonds is 6. The highest BCUT2D eigenvalue weighted by Gasteiger charge is 2.21. The summed E-state index contributed by atoms with van der Waals surface area (Å²) in [5.41, 5.74) is -0.483. The van der Waals surface area contributed by atoms with Crippen molar-refractivity contribution >= 4 is 5.91 Å². The molecular weight excluding hydrogens is 259 g/mol.